The van der Waals surface area contributed by atoms with Crippen LogP contribution in [0.5, 0.6) is 0 Å². The maximum absolute atomic E-state index is 13.5. The average molecular weight is 490 g/mol. The van der Waals surface area contributed by atoms with Crippen LogP contribution in [-0.4, -0.2) is 34.0 Å². The average Bonchev–Trinajstić information content (AvgIpc) is 3.60. The number of rotatable bonds is 2. The number of esters is 1. The zero-order chi connectivity index (χ0) is 24.9. The Hall–Kier alpha value is -1.27. The van der Waals surface area contributed by atoms with Crippen LogP contribution < -0.4 is 0 Å². The molecule has 4 rings (SSSR count). The minimum absolute atomic E-state index is 0.176. The molecule has 0 aromatic carbocycles. The molecule has 0 N–H and O–H groups in total. The highest BCUT2D eigenvalue weighted by Gasteiger charge is 2.76. The molecule has 5 nitrogen and oxygen atoms in total. The lowest BCUT2D eigenvalue weighted by molar-refractivity contribution is -0.199. The summed E-state index contributed by atoms with van der Waals surface area (Å²) in [6.07, 6.45) is 8.03. The first-order valence-corrected chi connectivity index (χ1v) is 14.1. The van der Waals surface area contributed by atoms with Crippen LogP contribution in [0.3, 0.4) is 0 Å². The van der Waals surface area contributed by atoms with Crippen molar-refractivity contribution < 1.29 is 19.1 Å². The van der Waals surface area contributed by atoms with E-state index >= 15 is 0 Å². The van der Waals surface area contributed by atoms with Gasteiger partial charge in [0.25, 0.3) is 0 Å². The Morgan fingerprint density at radius 1 is 1.00 bits per heavy atom. The number of nitrogens with zero attached hydrogens (tertiary/aromatic N) is 1. The van der Waals surface area contributed by atoms with E-state index < -0.39 is 11.0 Å². The summed E-state index contributed by atoms with van der Waals surface area (Å²) >= 11 is 1.68. The van der Waals surface area contributed by atoms with E-state index in [1.165, 1.54) is 0 Å². The molecule has 34 heavy (non-hydrogen) atoms. The molecule has 3 aliphatic rings. The number of fused-ring (bicyclic) bond motifs is 1. The van der Waals surface area contributed by atoms with Gasteiger partial charge in [-0.3, -0.25) is 9.59 Å². The smallest absolute Gasteiger partial charge is 0.309 e. The molecular weight excluding hydrogens is 446 g/mol. The van der Waals surface area contributed by atoms with Gasteiger partial charge < -0.3 is 9.47 Å². The molecule has 2 aliphatic heterocycles. The molecule has 6 heteroatoms. The fourth-order valence-electron chi connectivity index (χ4n) is 6.37. The lowest BCUT2D eigenvalue weighted by Crippen LogP contribution is -2.59. The molecule has 3 fully saturated rings. The third-order valence-electron chi connectivity index (χ3n) is 9.93. The Morgan fingerprint density at radius 2 is 1.71 bits per heavy atom. The van der Waals surface area contributed by atoms with Crippen LogP contribution in [0.15, 0.2) is 5.38 Å². The Kier molecular flexibility index (Phi) is 6.83. The van der Waals surface area contributed by atoms with Crippen molar-refractivity contribution in [3.8, 4) is 0 Å². The van der Waals surface area contributed by atoms with Crippen molar-refractivity contribution in [3.63, 3.8) is 0 Å². The minimum Gasteiger partial charge on any atom is -0.458 e. The van der Waals surface area contributed by atoms with Gasteiger partial charge in [0.15, 0.2) is 0 Å². The second kappa shape index (κ2) is 8.99. The van der Waals surface area contributed by atoms with E-state index in [4.69, 9.17) is 14.5 Å². The lowest BCUT2D eigenvalue weighted by Gasteiger charge is -2.51. The first kappa shape index (κ1) is 25.8. The van der Waals surface area contributed by atoms with Crippen LogP contribution >= 0.6 is 11.3 Å². The van der Waals surface area contributed by atoms with Crippen LogP contribution in [0.1, 0.15) is 116 Å². The zero-order valence-corrected chi connectivity index (χ0v) is 23.0. The summed E-state index contributed by atoms with van der Waals surface area (Å²) < 4.78 is 13.0. The fourth-order valence-corrected chi connectivity index (χ4v) is 7.03. The molecule has 1 saturated carbocycles. The van der Waals surface area contributed by atoms with Crippen molar-refractivity contribution in [1.82, 2.24) is 4.98 Å². The largest absolute Gasteiger partial charge is 0.458 e. The number of hydrogen-bond donors (Lipinski definition) is 0. The van der Waals surface area contributed by atoms with Gasteiger partial charge in [0.1, 0.15) is 17.0 Å². The highest BCUT2D eigenvalue weighted by Crippen LogP contribution is 2.73. The van der Waals surface area contributed by atoms with Crippen LogP contribution in [0, 0.1) is 23.7 Å². The van der Waals surface area contributed by atoms with Crippen LogP contribution in [0.25, 0.3) is 0 Å². The molecule has 190 valence electrons. The number of carbonyl (C=O) groups excluding carboxylic acids is 2. The number of carbonyl (C=O) groups is 2. The molecule has 1 aromatic rings. The third-order valence-corrected chi connectivity index (χ3v) is 10.7. The summed E-state index contributed by atoms with van der Waals surface area (Å²) in [6, 6.07) is 0. The predicted octanol–water partition coefficient (Wildman–Crippen LogP) is 6.77. The summed E-state index contributed by atoms with van der Waals surface area (Å²) in [7, 11) is 0. The third kappa shape index (κ3) is 4.27. The molecule has 6 unspecified atom stereocenters. The molecule has 2 saturated heterocycles. The molecule has 0 bridgehead atoms. The number of Topliss-reactive ketones (excluding diaryl/α,β-unsaturated/α-hetero) is 1. The van der Waals surface area contributed by atoms with Crippen LogP contribution in [0.2, 0.25) is 0 Å². The van der Waals surface area contributed by atoms with E-state index in [9.17, 15) is 9.59 Å². The number of aryl methyl sites for hydroxylation is 1. The lowest BCUT2D eigenvalue weighted by atomic mass is 9.59. The maximum Gasteiger partial charge on any atom is 0.309 e. The fraction of sp³-hybridized carbons (Fsp3) is 0.821. The van der Waals surface area contributed by atoms with Crippen molar-refractivity contribution in [2.45, 2.75) is 129 Å². The quantitative estimate of drug-likeness (QED) is 0.339. The normalized spacial score (nSPS) is 41.4. The van der Waals surface area contributed by atoms with E-state index in [-0.39, 0.29) is 40.7 Å². The molecule has 0 spiro atoms. The van der Waals surface area contributed by atoms with Gasteiger partial charge in [-0.15, -0.1) is 11.3 Å². The van der Waals surface area contributed by atoms with Crippen molar-refractivity contribution in [2.24, 2.45) is 16.7 Å². The van der Waals surface area contributed by atoms with Gasteiger partial charge in [-0.05, 0) is 46.5 Å². The summed E-state index contributed by atoms with van der Waals surface area (Å²) in [5.41, 5.74) is -0.596. The van der Waals surface area contributed by atoms with Gasteiger partial charge in [0, 0.05) is 35.0 Å². The van der Waals surface area contributed by atoms with Gasteiger partial charge in [-0.2, -0.15) is 0 Å². The molecule has 6 atom stereocenters. The minimum atomic E-state index is -0.738. The zero-order valence-electron chi connectivity index (χ0n) is 22.2. The summed E-state index contributed by atoms with van der Waals surface area (Å²) in [5.74, 6) is 0.0227. The second-order valence-electron chi connectivity index (χ2n) is 12.2. The molecular formula is C28H43NO4S. The molecule has 1 aliphatic carbocycles. The number of hydrogen-bond acceptors (Lipinski definition) is 6. The molecule has 0 radical (unpaired) electrons. The van der Waals surface area contributed by atoms with E-state index in [0.717, 1.165) is 49.2 Å². The Bertz CT molecular complexity index is 941. The highest BCUT2D eigenvalue weighted by molar-refractivity contribution is 7.09. The maximum atomic E-state index is 13.5. The number of aromatic nitrogens is 1. The predicted molar refractivity (Wildman–Crippen MR) is 135 cm³/mol. The van der Waals surface area contributed by atoms with Gasteiger partial charge in [-0.1, -0.05) is 47.0 Å². The Balaban J connectivity index is 1.66. The van der Waals surface area contributed by atoms with Crippen molar-refractivity contribution in [3.05, 3.63) is 16.1 Å². The van der Waals surface area contributed by atoms with Gasteiger partial charge in [0.05, 0.1) is 22.7 Å². The monoisotopic (exact) mass is 489 g/mol. The summed E-state index contributed by atoms with van der Waals surface area (Å²) in [5, 5.41) is 3.23. The number of epoxide rings is 1. The Labute approximate surface area is 209 Å². The first-order valence-electron chi connectivity index (χ1n) is 13.2. The van der Waals surface area contributed by atoms with Crippen molar-refractivity contribution in [1.29, 1.82) is 0 Å². The van der Waals surface area contributed by atoms with Gasteiger partial charge >= 0.3 is 5.97 Å². The number of thiazole rings is 1. The number of ether oxygens (including phenoxy) is 2. The molecule has 0 amide bonds. The van der Waals surface area contributed by atoms with Crippen molar-refractivity contribution in [2.75, 3.05) is 0 Å². The van der Waals surface area contributed by atoms with E-state index in [1.54, 1.807) is 11.3 Å². The number of cyclic esters (lactones) is 1. The standard InChI is InChI=1S/C28H43NO4S/c1-18-14-15-20(30)12-10-8-9-11-13-23-27(6,32-23)25(3,4)28(7,33-24(18)31)26(5)16-21(26)22-17-34-19(2)29-22/h17-18,21,23H,8-16H2,1-7H3. The Morgan fingerprint density at radius 3 is 2.38 bits per heavy atom. The molecule has 3 heterocycles. The van der Waals surface area contributed by atoms with Gasteiger partial charge in [-0.25, -0.2) is 4.98 Å². The summed E-state index contributed by atoms with van der Waals surface area (Å²) in [4.78, 5) is 30.6. The number of ketones is 1. The SMILES string of the molecule is Cc1nc(C2CC2(C)C2(C)OC(=O)C(C)CCC(=O)CCCCCCC3OC3(C)C2(C)C)cs1. The second-order valence-corrected chi connectivity index (χ2v) is 13.3. The van der Waals surface area contributed by atoms with E-state index in [0.29, 0.717) is 19.3 Å². The van der Waals surface area contributed by atoms with E-state index in [1.807, 2.05) is 13.8 Å². The van der Waals surface area contributed by atoms with Crippen molar-refractivity contribution >= 4 is 23.1 Å². The summed E-state index contributed by atoms with van der Waals surface area (Å²) in [6.45, 7) is 15.0. The molecule has 1 aromatic heterocycles. The topological polar surface area (TPSA) is 68.8 Å². The highest BCUT2D eigenvalue weighted by atomic mass is 32.1. The van der Waals surface area contributed by atoms with Gasteiger partial charge in [0.2, 0.25) is 0 Å². The first-order chi connectivity index (χ1) is 15.9. The van der Waals surface area contributed by atoms with Crippen LogP contribution in [-0.2, 0) is 19.1 Å². The van der Waals surface area contributed by atoms with E-state index in [2.05, 4.69) is 40.0 Å². The van der Waals surface area contributed by atoms with Crippen LogP contribution in [0.4, 0.5) is 0 Å².